The maximum absolute atomic E-state index is 12.2. The molecule has 1 atom stereocenters. The highest BCUT2D eigenvalue weighted by molar-refractivity contribution is 5.27. The van der Waals surface area contributed by atoms with Crippen LogP contribution in [0.4, 0.5) is 13.2 Å². The van der Waals surface area contributed by atoms with E-state index in [-0.39, 0.29) is 6.42 Å². The first-order valence-corrected chi connectivity index (χ1v) is 4.97. The summed E-state index contributed by atoms with van der Waals surface area (Å²) in [6, 6.07) is 4.65. The lowest BCUT2D eigenvalue weighted by molar-refractivity contribution is -0.147. The summed E-state index contributed by atoms with van der Waals surface area (Å²) in [5.74, 6) is 0.645. The second-order valence-corrected chi connectivity index (χ2v) is 3.43. The van der Waals surface area contributed by atoms with Crippen molar-refractivity contribution >= 4 is 0 Å². The van der Waals surface area contributed by atoms with Crippen LogP contribution in [-0.2, 0) is 6.42 Å². The van der Waals surface area contributed by atoms with Crippen molar-refractivity contribution in [1.82, 2.24) is 0 Å². The molecule has 0 saturated heterocycles. The number of alkyl halides is 3. The predicted octanol–water partition coefficient (Wildman–Crippen LogP) is 2.52. The molecule has 0 heterocycles. The minimum absolute atomic E-state index is 0.212. The molecule has 0 bridgehead atoms. The molecule has 2 nitrogen and oxygen atoms in total. The van der Waals surface area contributed by atoms with Crippen molar-refractivity contribution in [3.05, 3.63) is 29.8 Å². The van der Waals surface area contributed by atoms with Gasteiger partial charge in [0.05, 0.1) is 6.61 Å². The summed E-state index contributed by atoms with van der Waals surface area (Å²) >= 11 is 0. The Morgan fingerprint density at radius 1 is 1.25 bits per heavy atom. The summed E-state index contributed by atoms with van der Waals surface area (Å²) in [5, 5.41) is 0. The number of ether oxygens (including phenoxy) is 1. The average molecular weight is 233 g/mol. The SMILES string of the molecule is CCOc1ccc(C[C@@H](N)C(F)(F)F)cc1. The zero-order valence-corrected chi connectivity index (χ0v) is 8.92. The van der Waals surface area contributed by atoms with Crippen LogP contribution in [0.15, 0.2) is 24.3 Å². The fourth-order valence-electron chi connectivity index (χ4n) is 1.26. The van der Waals surface area contributed by atoms with Crippen LogP contribution in [0.1, 0.15) is 12.5 Å². The third kappa shape index (κ3) is 3.73. The van der Waals surface area contributed by atoms with Gasteiger partial charge in [-0.2, -0.15) is 13.2 Å². The highest BCUT2D eigenvalue weighted by atomic mass is 19.4. The van der Waals surface area contributed by atoms with Crippen molar-refractivity contribution in [1.29, 1.82) is 0 Å². The Bertz CT molecular complexity index is 321. The minimum Gasteiger partial charge on any atom is -0.494 e. The topological polar surface area (TPSA) is 35.2 Å². The molecule has 0 aliphatic rings. The second-order valence-electron chi connectivity index (χ2n) is 3.43. The van der Waals surface area contributed by atoms with Crippen molar-refractivity contribution in [2.75, 3.05) is 6.61 Å². The highest BCUT2D eigenvalue weighted by Crippen LogP contribution is 2.22. The van der Waals surface area contributed by atoms with Crippen LogP contribution in [0.25, 0.3) is 0 Å². The molecule has 16 heavy (non-hydrogen) atoms. The van der Waals surface area contributed by atoms with Gasteiger partial charge in [0.15, 0.2) is 0 Å². The van der Waals surface area contributed by atoms with Crippen molar-refractivity contribution in [2.24, 2.45) is 5.73 Å². The van der Waals surface area contributed by atoms with E-state index in [1.165, 1.54) is 0 Å². The summed E-state index contributed by atoms with van der Waals surface area (Å²) in [6.07, 6.45) is -4.56. The quantitative estimate of drug-likeness (QED) is 0.867. The van der Waals surface area contributed by atoms with Crippen molar-refractivity contribution in [2.45, 2.75) is 25.6 Å². The Hall–Kier alpha value is -1.23. The van der Waals surface area contributed by atoms with Gasteiger partial charge in [0, 0.05) is 0 Å². The van der Waals surface area contributed by atoms with E-state index in [1.54, 1.807) is 24.3 Å². The van der Waals surface area contributed by atoms with Gasteiger partial charge in [-0.05, 0) is 31.0 Å². The number of rotatable bonds is 4. The van der Waals surface area contributed by atoms with E-state index in [0.29, 0.717) is 17.9 Å². The number of benzene rings is 1. The smallest absolute Gasteiger partial charge is 0.403 e. The van der Waals surface area contributed by atoms with Gasteiger partial charge < -0.3 is 10.5 Å². The van der Waals surface area contributed by atoms with Gasteiger partial charge >= 0.3 is 6.18 Å². The first kappa shape index (κ1) is 12.8. The molecule has 0 unspecified atom stereocenters. The second kappa shape index (κ2) is 5.21. The molecule has 0 aliphatic carbocycles. The molecule has 90 valence electrons. The molecule has 0 fully saturated rings. The first-order valence-electron chi connectivity index (χ1n) is 4.97. The van der Waals surface area contributed by atoms with E-state index in [1.807, 2.05) is 6.92 Å². The van der Waals surface area contributed by atoms with Crippen LogP contribution < -0.4 is 10.5 Å². The molecule has 0 radical (unpaired) electrons. The molecule has 0 aliphatic heterocycles. The standard InChI is InChI=1S/C11H14F3NO/c1-2-16-9-5-3-8(4-6-9)7-10(15)11(12,13)14/h3-6,10H,2,7,15H2,1H3/t10-/m1/s1. The molecule has 1 aromatic rings. The van der Waals surface area contributed by atoms with Crippen molar-refractivity contribution in [3.63, 3.8) is 0 Å². The van der Waals surface area contributed by atoms with Crippen LogP contribution in [0.3, 0.4) is 0 Å². The summed E-state index contributed by atoms with van der Waals surface area (Å²) in [5.41, 5.74) is 5.57. The summed E-state index contributed by atoms with van der Waals surface area (Å²) < 4.78 is 41.7. The van der Waals surface area contributed by atoms with E-state index in [4.69, 9.17) is 10.5 Å². The van der Waals surface area contributed by atoms with Crippen LogP contribution in [0.2, 0.25) is 0 Å². The van der Waals surface area contributed by atoms with E-state index in [0.717, 1.165) is 0 Å². The predicted molar refractivity (Wildman–Crippen MR) is 55.3 cm³/mol. The molecule has 1 aromatic carbocycles. The fraction of sp³-hybridized carbons (Fsp3) is 0.455. The first-order chi connectivity index (χ1) is 7.43. The monoisotopic (exact) mass is 233 g/mol. The molecular formula is C11H14F3NO. The Kier molecular flexibility index (Phi) is 4.18. The highest BCUT2D eigenvalue weighted by Gasteiger charge is 2.36. The maximum Gasteiger partial charge on any atom is 0.403 e. The lowest BCUT2D eigenvalue weighted by Crippen LogP contribution is -2.39. The van der Waals surface area contributed by atoms with Gasteiger partial charge in [-0.15, -0.1) is 0 Å². The molecule has 0 saturated carbocycles. The van der Waals surface area contributed by atoms with E-state index in [2.05, 4.69) is 0 Å². The Balaban J connectivity index is 2.62. The normalized spacial score (nSPS) is 13.6. The summed E-state index contributed by atoms with van der Waals surface area (Å²) in [7, 11) is 0. The Morgan fingerprint density at radius 2 is 1.81 bits per heavy atom. The molecule has 0 aromatic heterocycles. The molecule has 1 rings (SSSR count). The molecule has 0 amide bonds. The number of halogens is 3. The number of hydrogen-bond acceptors (Lipinski definition) is 2. The van der Waals surface area contributed by atoms with Crippen LogP contribution in [0.5, 0.6) is 5.75 Å². The van der Waals surface area contributed by atoms with E-state index < -0.39 is 12.2 Å². The average Bonchev–Trinajstić information content (AvgIpc) is 2.20. The summed E-state index contributed by atoms with van der Waals surface area (Å²) in [4.78, 5) is 0. The third-order valence-electron chi connectivity index (χ3n) is 2.11. The largest absolute Gasteiger partial charge is 0.494 e. The van der Waals surface area contributed by atoms with Gasteiger partial charge in [-0.3, -0.25) is 0 Å². The van der Waals surface area contributed by atoms with Crippen LogP contribution >= 0.6 is 0 Å². The number of nitrogens with two attached hydrogens (primary N) is 1. The summed E-state index contributed by atoms with van der Waals surface area (Å²) in [6.45, 7) is 2.37. The van der Waals surface area contributed by atoms with Gasteiger partial charge in [-0.1, -0.05) is 12.1 Å². The zero-order chi connectivity index (χ0) is 12.2. The van der Waals surface area contributed by atoms with Gasteiger partial charge in [0.25, 0.3) is 0 Å². The van der Waals surface area contributed by atoms with Gasteiger partial charge in [0.1, 0.15) is 11.8 Å². The van der Waals surface area contributed by atoms with Crippen LogP contribution in [-0.4, -0.2) is 18.8 Å². The lowest BCUT2D eigenvalue weighted by atomic mass is 10.1. The Labute approximate surface area is 92.2 Å². The Morgan fingerprint density at radius 3 is 2.25 bits per heavy atom. The molecular weight excluding hydrogens is 219 g/mol. The van der Waals surface area contributed by atoms with Crippen molar-refractivity contribution < 1.29 is 17.9 Å². The number of hydrogen-bond donors (Lipinski definition) is 1. The lowest BCUT2D eigenvalue weighted by Gasteiger charge is -2.15. The minimum atomic E-state index is -4.35. The molecule has 2 N–H and O–H groups in total. The van der Waals surface area contributed by atoms with Gasteiger partial charge in [0.2, 0.25) is 0 Å². The third-order valence-corrected chi connectivity index (χ3v) is 2.11. The fourth-order valence-corrected chi connectivity index (χ4v) is 1.26. The molecule has 0 spiro atoms. The molecule has 5 heteroatoms. The van der Waals surface area contributed by atoms with E-state index >= 15 is 0 Å². The van der Waals surface area contributed by atoms with Crippen LogP contribution in [0, 0.1) is 0 Å². The van der Waals surface area contributed by atoms with Crippen molar-refractivity contribution in [3.8, 4) is 5.75 Å². The maximum atomic E-state index is 12.2. The zero-order valence-electron chi connectivity index (χ0n) is 8.92. The van der Waals surface area contributed by atoms with Gasteiger partial charge in [-0.25, -0.2) is 0 Å². The van der Waals surface area contributed by atoms with E-state index in [9.17, 15) is 13.2 Å².